The number of carbonyl (C=O) groups is 2. The second kappa shape index (κ2) is 7.88. The summed E-state index contributed by atoms with van der Waals surface area (Å²) in [6.07, 6.45) is 0. The highest BCUT2D eigenvalue weighted by Gasteiger charge is 2.23. The van der Waals surface area contributed by atoms with Gasteiger partial charge in [0.25, 0.3) is 17.5 Å². The molecule has 1 aliphatic rings. The fourth-order valence-corrected chi connectivity index (χ4v) is 4.07. The van der Waals surface area contributed by atoms with Crippen molar-refractivity contribution in [2.45, 2.75) is 9.79 Å². The molecule has 3 aromatic rings. The van der Waals surface area contributed by atoms with Gasteiger partial charge in [0, 0.05) is 21.4 Å². The van der Waals surface area contributed by atoms with E-state index >= 15 is 0 Å². The Morgan fingerprint density at radius 3 is 2.67 bits per heavy atom. The van der Waals surface area contributed by atoms with Crippen molar-refractivity contribution in [3.05, 3.63) is 81.9 Å². The number of nitro groups is 1. The van der Waals surface area contributed by atoms with Crippen LogP contribution in [0.15, 0.2) is 70.5 Å². The van der Waals surface area contributed by atoms with Crippen LogP contribution in [0.5, 0.6) is 5.75 Å². The SMILES string of the molecule is COc1cccc([N+](=O)[O-])c1NC(=O)c1ccc2c(c1)NC(=O)c1ccccc1S2. The first-order valence-corrected chi connectivity index (χ1v) is 9.64. The Balaban J connectivity index is 1.66. The number of ether oxygens (including phenoxy) is 1. The molecule has 0 saturated carbocycles. The molecule has 1 aliphatic heterocycles. The number of methoxy groups -OCH3 is 1. The Kier molecular flexibility index (Phi) is 5.11. The van der Waals surface area contributed by atoms with Gasteiger partial charge in [-0.25, -0.2) is 0 Å². The number of nitrogens with one attached hydrogen (secondary N) is 2. The molecule has 2 N–H and O–H groups in total. The van der Waals surface area contributed by atoms with Crippen LogP contribution in [-0.2, 0) is 0 Å². The van der Waals surface area contributed by atoms with E-state index in [-0.39, 0.29) is 28.6 Å². The van der Waals surface area contributed by atoms with E-state index in [1.54, 1.807) is 30.3 Å². The number of benzene rings is 3. The van der Waals surface area contributed by atoms with Gasteiger partial charge in [-0.15, -0.1) is 0 Å². The molecule has 0 atom stereocenters. The van der Waals surface area contributed by atoms with Gasteiger partial charge in [-0.1, -0.05) is 30.0 Å². The zero-order valence-electron chi connectivity index (χ0n) is 15.7. The summed E-state index contributed by atoms with van der Waals surface area (Å²) in [4.78, 5) is 37.7. The minimum atomic E-state index is -0.594. The summed E-state index contributed by atoms with van der Waals surface area (Å²) in [6, 6.07) is 16.4. The Morgan fingerprint density at radius 1 is 1.10 bits per heavy atom. The van der Waals surface area contributed by atoms with Crippen LogP contribution in [0.4, 0.5) is 17.1 Å². The molecule has 8 nitrogen and oxygen atoms in total. The molecular weight excluding hydrogens is 406 g/mol. The van der Waals surface area contributed by atoms with Gasteiger partial charge < -0.3 is 15.4 Å². The Bertz CT molecular complexity index is 1200. The summed E-state index contributed by atoms with van der Waals surface area (Å²) >= 11 is 1.42. The number of hydrogen-bond donors (Lipinski definition) is 2. The molecule has 3 aromatic carbocycles. The third kappa shape index (κ3) is 3.58. The molecule has 0 saturated heterocycles. The van der Waals surface area contributed by atoms with E-state index < -0.39 is 10.8 Å². The summed E-state index contributed by atoms with van der Waals surface area (Å²) in [5.41, 5.74) is 0.964. The summed E-state index contributed by atoms with van der Waals surface area (Å²) in [6.45, 7) is 0. The first-order valence-electron chi connectivity index (χ1n) is 8.83. The molecule has 0 unspecified atom stereocenters. The number of rotatable bonds is 4. The van der Waals surface area contributed by atoms with Gasteiger partial charge >= 0.3 is 0 Å². The summed E-state index contributed by atoms with van der Waals surface area (Å²) in [7, 11) is 1.36. The van der Waals surface area contributed by atoms with E-state index in [9.17, 15) is 19.7 Å². The molecular formula is C21H15N3O5S. The van der Waals surface area contributed by atoms with Crippen molar-refractivity contribution in [3.63, 3.8) is 0 Å². The smallest absolute Gasteiger partial charge is 0.296 e. The average molecular weight is 421 g/mol. The van der Waals surface area contributed by atoms with Crippen LogP contribution < -0.4 is 15.4 Å². The second-order valence-corrected chi connectivity index (χ2v) is 7.41. The van der Waals surface area contributed by atoms with Crippen LogP contribution >= 0.6 is 11.8 Å². The molecule has 30 heavy (non-hydrogen) atoms. The van der Waals surface area contributed by atoms with Crippen LogP contribution in [0, 0.1) is 10.1 Å². The van der Waals surface area contributed by atoms with Crippen molar-refractivity contribution >= 4 is 40.6 Å². The number of carbonyl (C=O) groups excluding carboxylic acids is 2. The molecule has 0 spiro atoms. The lowest BCUT2D eigenvalue weighted by molar-refractivity contribution is -0.384. The zero-order chi connectivity index (χ0) is 21.3. The van der Waals surface area contributed by atoms with Crippen LogP contribution in [-0.4, -0.2) is 23.8 Å². The fraction of sp³-hybridized carbons (Fsp3) is 0.0476. The van der Waals surface area contributed by atoms with Gasteiger partial charge in [-0.3, -0.25) is 19.7 Å². The molecule has 0 radical (unpaired) electrons. The fourth-order valence-electron chi connectivity index (χ4n) is 3.06. The van der Waals surface area contributed by atoms with Gasteiger partial charge in [-0.05, 0) is 36.4 Å². The number of hydrogen-bond acceptors (Lipinski definition) is 6. The molecule has 9 heteroatoms. The van der Waals surface area contributed by atoms with E-state index in [0.717, 1.165) is 9.79 Å². The molecule has 0 aromatic heterocycles. The molecule has 0 bridgehead atoms. The second-order valence-electron chi connectivity index (χ2n) is 6.33. The third-order valence-electron chi connectivity index (χ3n) is 4.50. The monoisotopic (exact) mass is 421 g/mol. The van der Waals surface area contributed by atoms with Crippen molar-refractivity contribution in [2.24, 2.45) is 0 Å². The van der Waals surface area contributed by atoms with Crippen LogP contribution in [0.2, 0.25) is 0 Å². The van der Waals surface area contributed by atoms with Gasteiger partial charge in [0.15, 0.2) is 5.69 Å². The molecule has 2 amide bonds. The highest BCUT2D eigenvalue weighted by molar-refractivity contribution is 7.99. The lowest BCUT2D eigenvalue weighted by Crippen LogP contribution is -2.15. The van der Waals surface area contributed by atoms with Crippen LogP contribution in [0.3, 0.4) is 0 Å². The van der Waals surface area contributed by atoms with E-state index in [2.05, 4.69) is 10.6 Å². The quantitative estimate of drug-likeness (QED) is 0.471. The van der Waals surface area contributed by atoms with Gasteiger partial charge in [-0.2, -0.15) is 0 Å². The normalized spacial score (nSPS) is 12.1. The zero-order valence-corrected chi connectivity index (χ0v) is 16.5. The number of nitro benzene ring substituents is 1. The predicted octanol–water partition coefficient (Wildman–Crippen LogP) is 4.57. The number of para-hydroxylation sites is 1. The number of anilines is 2. The van der Waals surface area contributed by atoms with Gasteiger partial charge in [0.2, 0.25) is 0 Å². The first-order chi connectivity index (χ1) is 14.5. The third-order valence-corrected chi connectivity index (χ3v) is 5.65. The van der Waals surface area contributed by atoms with E-state index in [0.29, 0.717) is 11.3 Å². The maximum absolute atomic E-state index is 12.8. The Morgan fingerprint density at radius 2 is 1.90 bits per heavy atom. The maximum atomic E-state index is 12.8. The standard InChI is InChI=1S/C21H15N3O5S/c1-29-16-7-4-6-15(24(27)28)19(16)23-20(25)12-9-10-18-14(11-12)22-21(26)13-5-2-3-8-17(13)30-18/h2-11H,1H3,(H,22,26)(H,23,25). The summed E-state index contributed by atoms with van der Waals surface area (Å²) in [5.74, 6) is -0.659. The number of fused-ring (bicyclic) bond motifs is 2. The molecule has 4 rings (SSSR count). The average Bonchev–Trinajstić information content (AvgIpc) is 2.88. The van der Waals surface area contributed by atoms with E-state index in [1.807, 2.05) is 12.1 Å². The highest BCUT2D eigenvalue weighted by Crippen LogP contribution is 2.39. The molecule has 1 heterocycles. The van der Waals surface area contributed by atoms with Gasteiger partial charge in [0.05, 0.1) is 23.3 Å². The van der Waals surface area contributed by atoms with Crippen LogP contribution in [0.25, 0.3) is 0 Å². The van der Waals surface area contributed by atoms with Crippen molar-refractivity contribution in [3.8, 4) is 5.75 Å². The minimum Gasteiger partial charge on any atom is -0.494 e. The molecule has 0 aliphatic carbocycles. The van der Waals surface area contributed by atoms with Crippen molar-refractivity contribution in [2.75, 3.05) is 17.7 Å². The summed E-state index contributed by atoms with van der Waals surface area (Å²) < 4.78 is 5.15. The summed E-state index contributed by atoms with van der Waals surface area (Å²) in [5, 5.41) is 16.7. The Hall–Kier alpha value is -3.85. The van der Waals surface area contributed by atoms with Crippen molar-refractivity contribution < 1.29 is 19.2 Å². The molecule has 0 fully saturated rings. The molecule has 150 valence electrons. The number of amides is 2. The van der Waals surface area contributed by atoms with Gasteiger partial charge in [0.1, 0.15) is 5.75 Å². The first kappa shape index (κ1) is 19.5. The highest BCUT2D eigenvalue weighted by atomic mass is 32.2. The number of nitrogens with zero attached hydrogens (tertiary/aromatic N) is 1. The Labute approximate surface area is 175 Å². The van der Waals surface area contributed by atoms with Crippen molar-refractivity contribution in [1.29, 1.82) is 0 Å². The largest absolute Gasteiger partial charge is 0.494 e. The minimum absolute atomic E-state index is 0.0317. The lowest BCUT2D eigenvalue weighted by atomic mass is 10.1. The predicted molar refractivity (Wildman–Crippen MR) is 113 cm³/mol. The topological polar surface area (TPSA) is 111 Å². The maximum Gasteiger partial charge on any atom is 0.296 e. The van der Waals surface area contributed by atoms with Crippen LogP contribution in [0.1, 0.15) is 20.7 Å². The van der Waals surface area contributed by atoms with Crippen molar-refractivity contribution in [1.82, 2.24) is 0 Å². The van der Waals surface area contributed by atoms with E-state index in [4.69, 9.17) is 4.74 Å². The van der Waals surface area contributed by atoms with E-state index in [1.165, 1.54) is 37.1 Å². The lowest BCUT2D eigenvalue weighted by Gasteiger charge is -2.12.